The normalized spacial score (nSPS) is 18.4. The molecular weight excluding hydrogens is 504 g/mol. The maximum absolute atomic E-state index is 6.73. The number of halogens is 1. The largest absolute Gasteiger partial charge is 0.398 e. The Morgan fingerprint density at radius 2 is 1.95 bits per heavy atom. The Bertz CT molecular complexity index is 1700. The molecule has 0 amide bonds. The lowest BCUT2D eigenvalue weighted by Crippen LogP contribution is -2.30. The first-order chi connectivity index (χ1) is 19.1. The Hall–Kier alpha value is -3.64. The minimum absolute atomic E-state index is 0.505. The number of allylic oxidation sites excluding steroid dienone is 2. The van der Waals surface area contributed by atoms with Crippen LogP contribution < -0.4 is 10.7 Å². The van der Waals surface area contributed by atoms with Gasteiger partial charge in [0, 0.05) is 60.5 Å². The molecule has 3 N–H and O–H groups in total. The number of aromatic nitrogens is 5. The minimum atomic E-state index is 0.505. The highest BCUT2D eigenvalue weighted by molar-refractivity contribution is 6.31. The summed E-state index contributed by atoms with van der Waals surface area (Å²) < 4.78 is 4.31. The molecule has 3 heterocycles. The number of anilines is 1. The molecule has 39 heavy (non-hydrogen) atoms. The smallest absolute Gasteiger partial charge is 0.214 e. The highest BCUT2D eigenvalue weighted by atomic mass is 35.5. The number of nitrogens with one attached hydrogen (secondary N) is 1. The van der Waals surface area contributed by atoms with E-state index >= 15 is 0 Å². The summed E-state index contributed by atoms with van der Waals surface area (Å²) >= 11 is 6.24. The Kier molecular flexibility index (Phi) is 6.36. The van der Waals surface area contributed by atoms with Crippen LogP contribution in [0.25, 0.3) is 21.8 Å². The average Bonchev–Trinajstić information content (AvgIpc) is 3.56. The monoisotopic (exact) mass is 537 g/mol. The Morgan fingerprint density at radius 1 is 1.03 bits per heavy atom. The molecule has 7 rings (SSSR count). The number of para-hydroxylation sites is 1. The van der Waals surface area contributed by atoms with E-state index in [1.807, 2.05) is 22.9 Å². The van der Waals surface area contributed by atoms with Gasteiger partial charge in [0.25, 0.3) is 0 Å². The van der Waals surface area contributed by atoms with Gasteiger partial charge in [0.1, 0.15) is 0 Å². The second-order valence-corrected chi connectivity index (χ2v) is 11.7. The quantitative estimate of drug-likeness (QED) is 0.181. The molecule has 0 fully saturated rings. The molecule has 0 radical (unpaired) electrons. The standard InChI is InChI=1S/C32H33ClN6/c33-25-8-9-27-28(19-25)35-29-18-22-15-21(16-24(17-22)31(29)32(27)34)5-3-4-12-39-20-26(36-37-39)11-14-38-13-10-23-6-1-2-7-30(23)38/h1-2,6-10,13,15,19-20,22,24H,3-5,11-12,14,16-18H2,(H2,34,35)/p+1. The van der Waals surface area contributed by atoms with Crippen LogP contribution in [-0.4, -0.2) is 19.6 Å². The van der Waals surface area contributed by atoms with Gasteiger partial charge in [-0.25, -0.2) is 4.98 Å². The van der Waals surface area contributed by atoms with E-state index in [0.29, 0.717) is 11.8 Å². The highest BCUT2D eigenvalue weighted by Gasteiger charge is 2.36. The van der Waals surface area contributed by atoms with Gasteiger partial charge < -0.3 is 10.3 Å². The van der Waals surface area contributed by atoms with Crippen molar-refractivity contribution in [2.45, 2.75) is 64.0 Å². The van der Waals surface area contributed by atoms with Crippen LogP contribution in [0.2, 0.25) is 5.02 Å². The van der Waals surface area contributed by atoms with Crippen molar-refractivity contribution in [2.24, 2.45) is 5.92 Å². The summed E-state index contributed by atoms with van der Waals surface area (Å²) in [5, 5.41) is 11.9. The summed E-state index contributed by atoms with van der Waals surface area (Å²) in [7, 11) is 0. The summed E-state index contributed by atoms with van der Waals surface area (Å²) in [6.45, 7) is 1.83. The molecule has 5 aromatic rings. The SMILES string of the molecule is Nc1c2c([nH+]c3cc(Cl)ccc13)CC1C=C(CCCCn3cc(CCn4ccc5ccccc54)nn3)CC2C1. The first-order valence-electron chi connectivity index (χ1n) is 14.2. The lowest BCUT2D eigenvalue weighted by molar-refractivity contribution is -0.360. The number of pyridine rings is 1. The number of H-pyrrole nitrogens is 1. The van der Waals surface area contributed by atoms with E-state index in [2.05, 4.69) is 68.7 Å². The topological polar surface area (TPSA) is 75.8 Å². The van der Waals surface area contributed by atoms with Crippen molar-refractivity contribution in [1.82, 2.24) is 19.6 Å². The molecule has 2 aromatic carbocycles. The molecule has 6 nitrogen and oxygen atoms in total. The first-order valence-corrected chi connectivity index (χ1v) is 14.5. The Labute approximate surface area is 233 Å². The summed E-state index contributed by atoms with van der Waals surface area (Å²) in [5.74, 6) is 1.10. The summed E-state index contributed by atoms with van der Waals surface area (Å²) in [6, 6.07) is 16.6. The predicted octanol–water partition coefficient (Wildman–Crippen LogP) is 6.53. The molecule has 198 valence electrons. The van der Waals surface area contributed by atoms with E-state index in [0.717, 1.165) is 72.5 Å². The number of nitrogen functional groups attached to an aromatic ring is 1. The van der Waals surface area contributed by atoms with E-state index in [1.54, 1.807) is 5.57 Å². The van der Waals surface area contributed by atoms with Crippen molar-refractivity contribution in [3.63, 3.8) is 0 Å². The summed E-state index contributed by atoms with van der Waals surface area (Å²) in [5.41, 5.74) is 15.3. The molecule has 0 aliphatic heterocycles. The fourth-order valence-corrected chi connectivity index (χ4v) is 6.99. The van der Waals surface area contributed by atoms with Crippen LogP contribution in [0, 0.1) is 5.92 Å². The molecule has 2 atom stereocenters. The third-order valence-electron chi connectivity index (χ3n) is 8.62. The maximum atomic E-state index is 6.73. The van der Waals surface area contributed by atoms with Crippen LogP contribution in [0.15, 0.2) is 72.6 Å². The molecule has 0 saturated heterocycles. The maximum Gasteiger partial charge on any atom is 0.214 e. The van der Waals surface area contributed by atoms with Crippen molar-refractivity contribution < 1.29 is 4.98 Å². The van der Waals surface area contributed by atoms with E-state index in [4.69, 9.17) is 17.3 Å². The number of nitrogens with two attached hydrogens (primary N) is 1. The van der Waals surface area contributed by atoms with Crippen molar-refractivity contribution in [1.29, 1.82) is 0 Å². The van der Waals surface area contributed by atoms with Gasteiger partial charge in [0.2, 0.25) is 5.52 Å². The number of hydrogen-bond donors (Lipinski definition) is 1. The number of hydrogen-bond acceptors (Lipinski definition) is 3. The van der Waals surface area contributed by atoms with Crippen molar-refractivity contribution in [2.75, 3.05) is 5.73 Å². The van der Waals surface area contributed by atoms with E-state index in [9.17, 15) is 0 Å². The zero-order valence-electron chi connectivity index (χ0n) is 22.1. The molecule has 3 aromatic heterocycles. The first kappa shape index (κ1) is 24.4. The van der Waals surface area contributed by atoms with Crippen molar-refractivity contribution in [3.05, 3.63) is 94.5 Å². The molecular formula is C32H34ClN6+. The van der Waals surface area contributed by atoms with Crippen LogP contribution >= 0.6 is 11.6 Å². The lowest BCUT2D eigenvalue weighted by atomic mass is 9.70. The number of benzene rings is 2. The van der Waals surface area contributed by atoms with E-state index in [1.165, 1.54) is 35.0 Å². The number of nitrogens with zero attached hydrogens (tertiary/aromatic N) is 4. The van der Waals surface area contributed by atoms with Gasteiger partial charge >= 0.3 is 0 Å². The van der Waals surface area contributed by atoms with Crippen LogP contribution in [0.3, 0.4) is 0 Å². The van der Waals surface area contributed by atoms with Gasteiger partial charge in [-0.15, -0.1) is 5.10 Å². The highest BCUT2D eigenvalue weighted by Crippen LogP contribution is 2.46. The van der Waals surface area contributed by atoms with Gasteiger partial charge in [-0.2, -0.15) is 0 Å². The third kappa shape index (κ3) is 4.82. The zero-order valence-corrected chi connectivity index (χ0v) is 22.9. The fourth-order valence-electron chi connectivity index (χ4n) is 6.82. The van der Waals surface area contributed by atoms with E-state index < -0.39 is 0 Å². The minimum Gasteiger partial charge on any atom is -0.398 e. The molecule has 7 heteroatoms. The third-order valence-corrected chi connectivity index (χ3v) is 8.86. The predicted molar refractivity (Wildman–Crippen MR) is 157 cm³/mol. The second-order valence-electron chi connectivity index (χ2n) is 11.3. The Morgan fingerprint density at radius 3 is 2.90 bits per heavy atom. The molecule has 2 aliphatic carbocycles. The van der Waals surface area contributed by atoms with Gasteiger partial charge in [-0.1, -0.05) is 46.7 Å². The number of aromatic amines is 1. The van der Waals surface area contributed by atoms with Crippen molar-refractivity contribution >= 4 is 39.1 Å². The molecule has 2 bridgehead atoms. The van der Waals surface area contributed by atoms with Crippen molar-refractivity contribution in [3.8, 4) is 0 Å². The Balaban J connectivity index is 0.932. The van der Waals surface area contributed by atoms with Crippen LogP contribution in [-0.2, 0) is 25.9 Å². The zero-order chi connectivity index (χ0) is 26.3. The van der Waals surface area contributed by atoms with Gasteiger partial charge in [-0.05, 0) is 73.6 Å². The second kappa shape index (κ2) is 10.2. The lowest BCUT2D eigenvalue weighted by Gasteiger charge is -2.34. The van der Waals surface area contributed by atoms with Crippen LogP contribution in [0.1, 0.15) is 55.0 Å². The molecule has 2 unspecified atom stereocenters. The number of rotatable bonds is 8. The average molecular weight is 538 g/mol. The van der Waals surface area contributed by atoms with E-state index in [-0.39, 0.29) is 0 Å². The molecule has 0 saturated carbocycles. The molecule has 2 aliphatic rings. The fraction of sp³-hybridized carbons (Fsp3) is 0.344. The summed E-state index contributed by atoms with van der Waals surface area (Å²) in [6.07, 6.45) is 14.5. The molecule has 0 spiro atoms. The number of aryl methyl sites for hydroxylation is 3. The van der Waals surface area contributed by atoms with Gasteiger partial charge in [0.05, 0.1) is 16.8 Å². The number of unbranched alkanes of at least 4 members (excludes halogenated alkanes) is 1. The van der Waals surface area contributed by atoms with Crippen LogP contribution in [0.4, 0.5) is 5.69 Å². The summed E-state index contributed by atoms with van der Waals surface area (Å²) in [4.78, 5) is 3.66. The van der Waals surface area contributed by atoms with Gasteiger partial charge in [-0.3, -0.25) is 4.68 Å². The van der Waals surface area contributed by atoms with Crippen LogP contribution in [0.5, 0.6) is 0 Å². The number of fused-ring (bicyclic) bond motifs is 6. The van der Waals surface area contributed by atoms with Gasteiger partial charge in [0.15, 0.2) is 5.69 Å².